The third kappa shape index (κ3) is 3.45. The number of nitrogens with one attached hydrogen (secondary N) is 1. The maximum atomic E-state index is 12.1. The first-order valence-electron chi connectivity index (χ1n) is 6.90. The van der Waals surface area contributed by atoms with Gasteiger partial charge in [0.1, 0.15) is 0 Å². The van der Waals surface area contributed by atoms with Gasteiger partial charge in [-0.3, -0.25) is 4.79 Å². The van der Waals surface area contributed by atoms with Gasteiger partial charge >= 0.3 is 0 Å². The standard InChI is InChI=1S/C16H20N2OS/c1-4-14-12(3)20-15(18-14)9-10-17-16(19)13-8-6-5-7-11(13)2/h5-8H,4,9-10H2,1-3H3,(H,17,19). The molecule has 0 spiro atoms. The van der Waals surface area contributed by atoms with Crippen LogP contribution in [0.5, 0.6) is 0 Å². The van der Waals surface area contributed by atoms with Crippen molar-refractivity contribution in [1.29, 1.82) is 0 Å². The zero-order valence-corrected chi connectivity index (χ0v) is 13.0. The van der Waals surface area contributed by atoms with Crippen molar-refractivity contribution in [2.45, 2.75) is 33.6 Å². The summed E-state index contributed by atoms with van der Waals surface area (Å²) in [4.78, 5) is 17.9. The lowest BCUT2D eigenvalue weighted by atomic mass is 10.1. The van der Waals surface area contributed by atoms with Crippen molar-refractivity contribution in [2.24, 2.45) is 0 Å². The molecule has 106 valence electrons. The van der Waals surface area contributed by atoms with Gasteiger partial charge in [-0.05, 0) is 31.9 Å². The molecule has 0 aliphatic rings. The van der Waals surface area contributed by atoms with Crippen molar-refractivity contribution in [3.63, 3.8) is 0 Å². The van der Waals surface area contributed by atoms with Crippen molar-refractivity contribution in [2.75, 3.05) is 6.54 Å². The van der Waals surface area contributed by atoms with E-state index in [9.17, 15) is 4.79 Å². The van der Waals surface area contributed by atoms with Crippen LogP contribution in [0.3, 0.4) is 0 Å². The van der Waals surface area contributed by atoms with Gasteiger partial charge in [-0.25, -0.2) is 4.98 Å². The van der Waals surface area contributed by atoms with Gasteiger partial charge in [-0.15, -0.1) is 11.3 Å². The highest BCUT2D eigenvalue weighted by Gasteiger charge is 2.09. The Morgan fingerprint density at radius 1 is 1.30 bits per heavy atom. The molecule has 0 bridgehead atoms. The van der Waals surface area contributed by atoms with Crippen LogP contribution in [-0.2, 0) is 12.8 Å². The Morgan fingerprint density at radius 3 is 2.70 bits per heavy atom. The number of hydrogen-bond acceptors (Lipinski definition) is 3. The fourth-order valence-corrected chi connectivity index (χ4v) is 3.15. The number of carbonyl (C=O) groups excluding carboxylic acids is 1. The molecular weight excluding hydrogens is 268 g/mol. The van der Waals surface area contributed by atoms with E-state index in [-0.39, 0.29) is 5.91 Å². The van der Waals surface area contributed by atoms with Crippen LogP contribution in [0.25, 0.3) is 0 Å². The first-order chi connectivity index (χ1) is 9.61. The number of benzene rings is 1. The smallest absolute Gasteiger partial charge is 0.251 e. The fourth-order valence-electron chi connectivity index (χ4n) is 2.13. The van der Waals surface area contributed by atoms with E-state index in [1.54, 1.807) is 11.3 Å². The average Bonchev–Trinajstić information content (AvgIpc) is 2.79. The van der Waals surface area contributed by atoms with Crippen LogP contribution in [0, 0.1) is 13.8 Å². The molecule has 1 heterocycles. The molecule has 0 fully saturated rings. The Bertz CT molecular complexity index is 604. The third-order valence-electron chi connectivity index (χ3n) is 3.29. The summed E-state index contributed by atoms with van der Waals surface area (Å²) in [6, 6.07) is 7.64. The molecule has 4 heteroatoms. The molecule has 1 aromatic heterocycles. The number of hydrogen-bond donors (Lipinski definition) is 1. The first kappa shape index (κ1) is 14.7. The average molecular weight is 288 g/mol. The van der Waals surface area contributed by atoms with Gasteiger partial charge in [-0.2, -0.15) is 0 Å². The monoisotopic (exact) mass is 288 g/mol. The molecule has 0 aliphatic carbocycles. The number of nitrogens with zero attached hydrogens (tertiary/aromatic N) is 1. The van der Waals surface area contributed by atoms with E-state index in [1.165, 1.54) is 10.6 Å². The topological polar surface area (TPSA) is 42.0 Å². The zero-order chi connectivity index (χ0) is 14.5. The summed E-state index contributed by atoms with van der Waals surface area (Å²) in [6.07, 6.45) is 1.76. The van der Waals surface area contributed by atoms with Crippen molar-refractivity contribution in [1.82, 2.24) is 10.3 Å². The van der Waals surface area contributed by atoms with Gasteiger partial charge in [-0.1, -0.05) is 25.1 Å². The van der Waals surface area contributed by atoms with Crippen molar-refractivity contribution < 1.29 is 4.79 Å². The Morgan fingerprint density at radius 2 is 2.05 bits per heavy atom. The highest BCUT2D eigenvalue weighted by atomic mass is 32.1. The molecule has 0 atom stereocenters. The SMILES string of the molecule is CCc1nc(CCNC(=O)c2ccccc2C)sc1C. The maximum Gasteiger partial charge on any atom is 0.251 e. The van der Waals surface area contributed by atoms with E-state index in [0.29, 0.717) is 6.54 Å². The van der Waals surface area contributed by atoms with Crippen molar-refractivity contribution in [3.05, 3.63) is 51.0 Å². The minimum absolute atomic E-state index is 0.00732. The number of aromatic nitrogens is 1. The predicted octanol–water partition coefficient (Wildman–Crippen LogP) is 3.29. The van der Waals surface area contributed by atoms with E-state index < -0.39 is 0 Å². The van der Waals surface area contributed by atoms with Crippen LogP contribution in [0.2, 0.25) is 0 Å². The molecular formula is C16H20N2OS. The second-order valence-corrected chi connectivity index (χ2v) is 6.07. The van der Waals surface area contributed by atoms with Crippen molar-refractivity contribution >= 4 is 17.2 Å². The van der Waals surface area contributed by atoms with Crippen LogP contribution >= 0.6 is 11.3 Å². The molecule has 0 radical (unpaired) electrons. The van der Waals surface area contributed by atoms with Crippen LogP contribution < -0.4 is 5.32 Å². The number of rotatable bonds is 5. The molecule has 20 heavy (non-hydrogen) atoms. The fraction of sp³-hybridized carbons (Fsp3) is 0.375. The second-order valence-electron chi connectivity index (χ2n) is 4.78. The lowest BCUT2D eigenvalue weighted by Gasteiger charge is -2.06. The summed E-state index contributed by atoms with van der Waals surface area (Å²) in [5.41, 5.74) is 2.93. The Labute approximate surface area is 124 Å². The summed E-state index contributed by atoms with van der Waals surface area (Å²) in [6.45, 7) is 6.80. The molecule has 1 aromatic carbocycles. The zero-order valence-electron chi connectivity index (χ0n) is 12.2. The maximum absolute atomic E-state index is 12.1. The molecule has 0 aliphatic heterocycles. The van der Waals surface area contributed by atoms with E-state index >= 15 is 0 Å². The number of carbonyl (C=O) groups is 1. The first-order valence-corrected chi connectivity index (χ1v) is 7.72. The van der Waals surface area contributed by atoms with Crippen LogP contribution in [-0.4, -0.2) is 17.4 Å². The number of aryl methyl sites for hydroxylation is 3. The van der Waals surface area contributed by atoms with Gasteiger partial charge in [0, 0.05) is 23.4 Å². The van der Waals surface area contributed by atoms with Crippen molar-refractivity contribution in [3.8, 4) is 0 Å². The molecule has 1 N–H and O–H groups in total. The Hall–Kier alpha value is -1.68. The normalized spacial score (nSPS) is 10.6. The molecule has 1 amide bonds. The van der Waals surface area contributed by atoms with E-state index in [1.807, 2.05) is 31.2 Å². The molecule has 0 saturated carbocycles. The highest BCUT2D eigenvalue weighted by Crippen LogP contribution is 2.18. The van der Waals surface area contributed by atoms with Gasteiger partial charge in [0.2, 0.25) is 0 Å². The summed E-state index contributed by atoms with van der Waals surface area (Å²) < 4.78 is 0. The lowest BCUT2D eigenvalue weighted by molar-refractivity contribution is 0.0953. The number of thiazole rings is 1. The molecule has 0 saturated heterocycles. The molecule has 2 aromatic rings. The Kier molecular flexibility index (Phi) is 4.90. The predicted molar refractivity (Wildman–Crippen MR) is 83.4 cm³/mol. The third-order valence-corrected chi connectivity index (χ3v) is 4.36. The van der Waals surface area contributed by atoms with Gasteiger partial charge in [0.05, 0.1) is 10.7 Å². The Balaban J connectivity index is 1.89. The van der Waals surface area contributed by atoms with Crippen LogP contribution in [0.1, 0.15) is 38.4 Å². The summed E-state index contributed by atoms with van der Waals surface area (Å²) in [7, 11) is 0. The largest absolute Gasteiger partial charge is 0.352 e. The van der Waals surface area contributed by atoms with E-state index in [0.717, 1.165) is 29.0 Å². The van der Waals surface area contributed by atoms with Gasteiger partial charge in [0.25, 0.3) is 5.91 Å². The van der Waals surface area contributed by atoms with Crippen LogP contribution in [0.4, 0.5) is 0 Å². The molecule has 0 unspecified atom stereocenters. The molecule has 2 rings (SSSR count). The van der Waals surface area contributed by atoms with Gasteiger partial charge in [0.15, 0.2) is 0 Å². The van der Waals surface area contributed by atoms with Gasteiger partial charge < -0.3 is 5.32 Å². The summed E-state index contributed by atoms with van der Waals surface area (Å²) in [5, 5.41) is 4.06. The quantitative estimate of drug-likeness (QED) is 0.917. The minimum atomic E-state index is -0.00732. The number of amides is 1. The second kappa shape index (κ2) is 6.66. The summed E-state index contributed by atoms with van der Waals surface area (Å²) >= 11 is 1.73. The van der Waals surface area contributed by atoms with E-state index in [4.69, 9.17) is 0 Å². The molecule has 3 nitrogen and oxygen atoms in total. The lowest BCUT2D eigenvalue weighted by Crippen LogP contribution is -2.26. The van der Waals surface area contributed by atoms with E-state index in [2.05, 4.69) is 24.1 Å². The summed E-state index contributed by atoms with van der Waals surface area (Å²) in [5.74, 6) is -0.00732. The highest BCUT2D eigenvalue weighted by molar-refractivity contribution is 7.11. The minimum Gasteiger partial charge on any atom is -0.352 e. The van der Waals surface area contributed by atoms with Crippen LogP contribution in [0.15, 0.2) is 24.3 Å².